The van der Waals surface area contributed by atoms with Crippen LogP contribution in [0.4, 0.5) is 20.4 Å². The fraction of sp³-hybridized carbons (Fsp3) is 0.389. The van der Waals surface area contributed by atoms with Crippen LogP contribution < -0.4 is 10.2 Å². The largest absolute Gasteiger partial charge is 0.341 e. The Hall–Kier alpha value is -2.57. The molecule has 2 aromatic rings. The highest BCUT2D eigenvalue weighted by Crippen LogP contribution is 2.24. The summed E-state index contributed by atoms with van der Waals surface area (Å²) in [6.07, 6.45) is 1.16. The number of para-hydroxylation sites is 1. The molecule has 0 spiro atoms. The Balaban J connectivity index is 1.63. The number of carbonyl (C=O) groups is 1. The van der Waals surface area contributed by atoms with Gasteiger partial charge in [0.05, 0.1) is 0 Å². The molecule has 0 bridgehead atoms. The number of aryl methyl sites for hydroxylation is 2. The van der Waals surface area contributed by atoms with Crippen LogP contribution in [-0.2, 0) is 4.79 Å². The van der Waals surface area contributed by atoms with Gasteiger partial charge in [0.1, 0.15) is 17.3 Å². The molecule has 7 heteroatoms. The maximum absolute atomic E-state index is 13.7. The Morgan fingerprint density at radius 3 is 2.24 bits per heavy atom. The second-order valence-electron chi connectivity index (χ2n) is 6.30. The van der Waals surface area contributed by atoms with Crippen LogP contribution in [0, 0.1) is 31.4 Å². The minimum Gasteiger partial charge on any atom is -0.341 e. The third-order valence-corrected chi connectivity index (χ3v) is 4.33. The van der Waals surface area contributed by atoms with Gasteiger partial charge in [0.25, 0.3) is 0 Å². The molecule has 0 atom stereocenters. The van der Waals surface area contributed by atoms with Crippen molar-refractivity contribution in [1.29, 1.82) is 0 Å². The molecule has 0 saturated carbocycles. The van der Waals surface area contributed by atoms with Crippen LogP contribution in [-0.4, -0.2) is 29.0 Å². The lowest BCUT2D eigenvalue weighted by Crippen LogP contribution is -2.39. The molecule has 132 valence electrons. The summed E-state index contributed by atoms with van der Waals surface area (Å²) in [4.78, 5) is 23.2. The molecular weight excluding hydrogens is 326 g/mol. The van der Waals surface area contributed by atoms with Gasteiger partial charge in [-0.1, -0.05) is 6.07 Å². The van der Waals surface area contributed by atoms with E-state index in [-0.39, 0.29) is 17.5 Å². The van der Waals surface area contributed by atoms with E-state index in [0.29, 0.717) is 31.9 Å². The van der Waals surface area contributed by atoms with Crippen LogP contribution in [0.15, 0.2) is 24.3 Å². The van der Waals surface area contributed by atoms with Crippen molar-refractivity contribution < 1.29 is 13.6 Å². The number of rotatable bonds is 3. The number of benzene rings is 1. The summed E-state index contributed by atoms with van der Waals surface area (Å²) < 4.78 is 27.3. The van der Waals surface area contributed by atoms with Gasteiger partial charge in [0.2, 0.25) is 11.9 Å². The highest BCUT2D eigenvalue weighted by atomic mass is 19.1. The molecule has 1 aliphatic rings. The number of halogens is 2. The fourth-order valence-electron chi connectivity index (χ4n) is 3.03. The van der Waals surface area contributed by atoms with Gasteiger partial charge in [-0.2, -0.15) is 0 Å². The number of amides is 1. The molecule has 2 heterocycles. The standard InChI is InChI=1S/C18H20F2N4O/c1-11-10-12(2)22-18(21-11)24-8-6-13(7-9-24)17(25)23-16-14(19)4-3-5-15(16)20/h3-5,10,13H,6-9H2,1-2H3,(H,23,25). The van der Waals surface area contributed by atoms with Crippen LogP contribution >= 0.6 is 0 Å². The summed E-state index contributed by atoms with van der Waals surface area (Å²) in [6.45, 7) is 5.09. The third-order valence-electron chi connectivity index (χ3n) is 4.33. The Labute approximate surface area is 145 Å². The third kappa shape index (κ3) is 3.92. The number of nitrogens with one attached hydrogen (secondary N) is 1. The molecule has 1 fully saturated rings. The zero-order valence-corrected chi connectivity index (χ0v) is 14.2. The van der Waals surface area contributed by atoms with E-state index in [2.05, 4.69) is 15.3 Å². The number of nitrogens with zero attached hydrogens (tertiary/aromatic N) is 3. The first kappa shape index (κ1) is 17.3. The maximum Gasteiger partial charge on any atom is 0.227 e. The first-order valence-electron chi connectivity index (χ1n) is 8.26. The minimum absolute atomic E-state index is 0.291. The second-order valence-corrected chi connectivity index (χ2v) is 6.30. The van der Waals surface area contributed by atoms with Gasteiger partial charge in [-0.15, -0.1) is 0 Å². The van der Waals surface area contributed by atoms with E-state index in [0.717, 1.165) is 23.5 Å². The van der Waals surface area contributed by atoms with Crippen LogP contribution in [0.3, 0.4) is 0 Å². The van der Waals surface area contributed by atoms with Crippen LogP contribution in [0.1, 0.15) is 24.2 Å². The topological polar surface area (TPSA) is 58.1 Å². The summed E-state index contributed by atoms with van der Waals surface area (Å²) in [5.74, 6) is -1.52. The summed E-state index contributed by atoms with van der Waals surface area (Å²) in [6, 6.07) is 5.42. The molecule has 0 radical (unpaired) electrons. The molecule has 0 unspecified atom stereocenters. The van der Waals surface area contributed by atoms with Gasteiger partial charge in [0.15, 0.2) is 0 Å². The van der Waals surface area contributed by atoms with E-state index >= 15 is 0 Å². The van der Waals surface area contributed by atoms with Gasteiger partial charge >= 0.3 is 0 Å². The first-order chi connectivity index (χ1) is 11.9. The highest BCUT2D eigenvalue weighted by molar-refractivity contribution is 5.92. The molecule has 0 aliphatic carbocycles. The smallest absolute Gasteiger partial charge is 0.227 e. The Kier molecular flexibility index (Phi) is 4.92. The number of piperidine rings is 1. The average Bonchev–Trinajstić information content (AvgIpc) is 2.57. The van der Waals surface area contributed by atoms with E-state index in [9.17, 15) is 13.6 Å². The fourth-order valence-corrected chi connectivity index (χ4v) is 3.03. The Bertz CT molecular complexity index is 748. The molecule has 1 aromatic heterocycles. The zero-order chi connectivity index (χ0) is 18.0. The second kappa shape index (κ2) is 7.13. The normalized spacial score (nSPS) is 15.3. The van der Waals surface area contributed by atoms with E-state index < -0.39 is 11.6 Å². The first-order valence-corrected chi connectivity index (χ1v) is 8.26. The zero-order valence-electron chi connectivity index (χ0n) is 14.2. The van der Waals surface area contributed by atoms with Gasteiger partial charge in [-0.25, -0.2) is 18.7 Å². The average molecular weight is 346 g/mol. The molecule has 1 aliphatic heterocycles. The number of hydrogen-bond acceptors (Lipinski definition) is 4. The summed E-state index contributed by atoms with van der Waals surface area (Å²) in [7, 11) is 0. The van der Waals surface area contributed by atoms with Gasteiger partial charge < -0.3 is 10.2 Å². The van der Waals surface area contributed by atoms with E-state index in [1.54, 1.807) is 0 Å². The lowest BCUT2D eigenvalue weighted by molar-refractivity contribution is -0.120. The quantitative estimate of drug-likeness (QED) is 0.927. The van der Waals surface area contributed by atoms with Crippen molar-refractivity contribution in [2.24, 2.45) is 5.92 Å². The number of aromatic nitrogens is 2. The Morgan fingerprint density at radius 2 is 1.68 bits per heavy atom. The van der Waals surface area contributed by atoms with E-state index in [1.165, 1.54) is 6.07 Å². The number of anilines is 2. The molecule has 3 rings (SSSR count). The van der Waals surface area contributed by atoms with Crippen molar-refractivity contribution in [2.75, 3.05) is 23.3 Å². The minimum atomic E-state index is -0.769. The monoisotopic (exact) mass is 346 g/mol. The molecule has 1 saturated heterocycles. The lowest BCUT2D eigenvalue weighted by atomic mass is 9.96. The van der Waals surface area contributed by atoms with Crippen molar-refractivity contribution in [3.05, 3.63) is 47.3 Å². The highest BCUT2D eigenvalue weighted by Gasteiger charge is 2.27. The summed E-state index contributed by atoms with van der Waals surface area (Å²) in [5, 5.41) is 2.38. The summed E-state index contributed by atoms with van der Waals surface area (Å²) in [5.41, 5.74) is 1.42. The van der Waals surface area contributed by atoms with Gasteiger partial charge in [-0.05, 0) is 44.9 Å². The molecular formula is C18H20F2N4O. The molecule has 1 N–H and O–H groups in total. The van der Waals surface area contributed by atoms with Gasteiger partial charge in [0, 0.05) is 30.4 Å². The van der Waals surface area contributed by atoms with Crippen molar-refractivity contribution in [2.45, 2.75) is 26.7 Å². The van der Waals surface area contributed by atoms with E-state index in [1.807, 2.05) is 24.8 Å². The van der Waals surface area contributed by atoms with Crippen molar-refractivity contribution >= 4 is 17.5 Å². The van der Waals surface area contributed by atoms with Crippen LogP contribution in [0.5, 0.6) is 0 Å². The predicted molar refractivity (Wildman–Crippen MR) is 91.4 cm³/mol. The molecule has 25 heavy (non-hydrogen) atoms. The molecule has 1 aromatic carbocycles. The van der Waals surface area contributed by atoms with Crippen molar-refractivity contribution in [3.8, 4) is 0 Å². The van der Waals surface area contributed by atoms with E-state index in [4.69, 9.17) is 0 Å². The summed E-state index contributed by atoms with van der Waals surface area (Å²) >= 11 is 0. The van der Waals surface area contributed by atoms with Crippen molar-refractivity contribution in [1.82, 2.24) is 9.97 Å². The molecule has 5 nitrogen and oxygen atoms in total. The molecule has 1 amide bonds. The number of carbonyl (C=O) groups excluding carboxylic acids is 1. The van der Waals surface area contributed by atoms with Crippen LogP contribution in [0.2, 0.25) is 0 Å². The van der Waals surface area contributed by atoms with Crippen LogP contribution in [0.25, 0.3) is 0 Å². The van der Waals surface area contributed by atoms with Gasteiger partial charge in [-0.3, -0.25) is 4.79 Å². The Morgan fingerprint density at radius 1 is 1.12 bits per heavy atom. The predicted octanol–water partition coefficient (Wildman–Crippen LogP) is 3.23. The lowest BCUT2D eigenvalue weighted by Gasteiger charge is -2.31. The van der Waals surface area contributed by atoms with Crippen molar-refractivity contribution in [3.63, 3.8) is 0 Å². The number of hydrogen-bond donors (Lipinski definition) is 1. The SMILES string of the molecule is Cc1cc(C)nc(N2CCC(C(=O)Nc3c(F)cccc3F)CC2)n1. The maximum atomic E-state index is 13.7.